The highest BCUT2D eigenvalue weighted by atomic mass is 79.9. The van der Waals surface area contributed by atoms with Crippen molar-refractivity contribution in [1.82, 2.24) is 10.2 Å². The first kappa shape index (κ1) is 11.0. The van der Waals surface area contributed by atoms with Gasteiger partial charge in [-0.05, 0) is 28.1 Å². The predicted molar refractivity (Wildman–Crippen MR) is 65.8 cm³/mol. The average Bonchev–Trinajstić information content (AvgIpc) is 2.66. The van der Waals surface area contributed by atoms with Crippen LogP contribution in [-0.2, 0) is 0 Å². The number of hydrogen-bond donors (Lipinski definition) is 1. The van der Waals surface area contributed by atoms with Gasteiger partial charge in [0.1, 0.15) is 0 Å². The van der Waals surface area contributed by atoms with Crippen LogP contribution in [-0.4, -0.2) is 16.2 Å². The Bertz CT molecular complexity index is 501. The van der Waals surface area contributed by atoms with Crippen LogP contribution < -0.4 is 10.6 Å². The Balaban J connectivity index is 2.43. The third-order valence-electron chi connectivity index (χ3n) is 1.82. The summed E-state index contributed by atoms with van der Waals surface area (Å²) in [6.07, 6.45) is 0. The second-order valence-corrected chi connectivity index (χ2v) is 5.08. The molecular weight excluding hydrogens is 292 g/mol. The van der Waals surface area contributed by atoms with Crippen LogP contribution in [0.25, 0.3) is 0 Å². The van der Waals surface area contributed by atoms with E-state index in [4.69, 9.17) is 5.73 Å². The molecule has 0 fully saturated rings. The third-order valence-corrected chi connectivity index (χ3v) is 3.16. The molecule has 0 saturated carbocycles. The summed E-state index contributed by atoms with van der Waals surface area (Å²) in [5, 5.41) is 8.08. The quantitative estimate of drug-likeness (QED) is 0.926. The number of hydrogen-bond acceptors (Lipinski definition) is 4. The Kier molecular flexibility index (Phi) is 3.16. The van der Waals surface area contributed by atoms with Crippen molar-refractivity contribution in [3.63, 3.8) is 0 Å². The van der Waals surface area contributed by atoms with E-state index in [0.717, 1.165) is 0 Å². The lowest BCUT2D eigenvalue weighted by molar-refractivity contribution is 0.256. The summed E-state index contributed by atoms with van der Waals surface area (Å²) in [7, 11) is 0. The smallest absolute Gasteiger partial charge is 0.325 e. The van der Waals surface area contributed by atoms with E-state index in [-0.39, 0.29) is 0 Å². The number of halogens is 1. The second kappa shape index (κ2) is 4.58. The molecule has 0 aliphatic carbocycles. The largest absolute Gasteiger partial charge is 0.351 e. The molecule has 5 nitrogen and oxygen atoms in total. The molecule has 16 heavy (non-hydrogen) atoms. The monoisotopic (exact) mass is 298 g/mol. The van der Waals surface area contributed by atoms with Gasteiger partial charge < -0.3 is 5.73 Å². The minimum atomic E-state index is -0.588. The zero-order valence-corrected chi connectivity index (χ0v) is 10.4. The molecule has 0 bridgehead atoms. The number of primary amides is 1. The number of para-hydroxylation sites is 1. The molecule has 0 unspecified atom stereocenters. The number of carbonyl (C=O) groups excluding carboxylic acids is 1. The molecule has 0 aliphatic rings. The predicted octanol–water partition coefficient (Wildman–Crippen LogP) is 2.52. The molecule has 0 spiro atoms. The van der Waals surface area contributed by atoms with Gasteiger partial charge in [-0.15, -0.1) is 10.2 Å². The molecular formula is C9H7BrN4OS. The number of rotatable bonds is 2. The summed E-state index contributed by atoms with van der Waals surface area (Å²) >= 11 is 4.43. The second-order valence-electron chi connectivity index (χ2n) is 2.85. The fraction of sp³-hybridized carbons (Fsp3) is 0. The van der Waals surface area contributed by atoms with Gasteiger partial charge in [-0.25, -0.2) is 9.69 Å². The number of anilines is 2. The molecule has 2 amide bonds. The minimum absolute atomic E-state index is 0.436. The highest BCUT2D eigenvalue weighted by Gasteiger charge is 2.18. The molecule has 7 heteroatoms. The summed E-state index contributed by atoms with van der Waals surface area (Å²) in [6.45, 7) is 0. The van der Waals surface area contributed by atoms with E-state index >= 15 is 0 Å². The summed E-state index contributed by atoms with van der Waals surface area (Å²) in [4.78, 5) is 12.7. The fourth-order valence-corrected chi connectivity index (χ4v) is 2.31. The Labute approximate surface area is 104 Å². The van der Waals surface area contributed by atoms with Crippen LogP contribution in [0.1, 0.15) is 0 Å². The lowest BCUT2D eigenvalue weighted by atomic mass is 10.3. The van der Waals surface area contributed by atoms with Crippen molar-refractivity contribution in [1.29, 1.82) is 0 Å². The van der Waals surface area contributed by atoms with Crippen molar-refractivity contribution in [2.45, 2.75) is 0 Å². The lowest BCUT2D eigenvalue weighted by Gasteiger charge is -2.15. The number of carbonyl (C=O) groups is 1. The summed E-state index contributed by atoms with van der Waals surface area (Å²) in [5.74, 6) is 0. The van der Waals surface area contributed by atoms with Gasteiger partial charge in [0.15, 0.2) is 3.92 Å². The molecule has 2 rings (SSSR count). The number of amides is 2. The number of nitrogens with two attached hydrogens (primary N) is 1. The normalized spacial score (nSPS) is 10.1. The van der Waals surface area contributed by atoms with Gasteiger partial charge in [0.25, 0.3) is 0 Å². The number of nitrogens with zero attached hydrogens (tertiary/aromatic N) is 3. The van der Waals surface area contributed by atoms with E-state index in [1.54, 1.807) is 12.1 Å². The Morgan fingerprint density at radius 2 is 2.00 bits per heavy atom. The summed E-state index contributed by atoms with van der Waals surface area (Å²) in [6, 6.07) is 8.47. The molecule has 0 saturated heterocycles. The zero-order valence-electron chi connectivity index (χ0n) is 8.00. The highest BCUT2D eigenvalue weighted by molar-refractivity contribution is 9.11. The topological polar surface area (TPSA) is 72.1 Å². The molecule has 2 aromatic rings. The van der Waals surface area contributed by atoms with Crippen LogP contribution >= 0.6 is 27.3 Å². The van der Waals surface area contributed by atoms with Crippen molar-refractivity contribution >= 4 is 44.1 Å². The standard InChI is InChI=1S/C9H7BrN4OS/c10-7-12-13-9(16-7)14(8(11)15)6-4-2-1-3-5-6/h1-5H,(H2,11,15). The lowest BCUT2D eigenvalue weighted by Crippen LogP contribution is -2.31. The Morgan fingerprint density at radius 1 is 1.31 bits per heavy atom. The van der Waals surface area contributed by atoms with E-state index < -0.39 is 6.03 Å². The molecule has 1 aromatic carbocycles. The highest BCUT2D eigenvalue weighted by Crippen LogP contribution is 2.29. The zero-order chi connectivity index (χ0) is 11.5. The van der Waals surface area contributed by atoms with Gasteiger partial charge in [-0.2, -0.15) is 0 Å². The van der Waals surface area contributed by atoms with E-state index in [0.29, 0.717) is 14.7 Å². The molecule has 0 radical (unpaired) electrons. The van der Waals surface area contributed by atoms with Gasteiger partial charge in [-0.1, -0.05) is 29.5 Å². The first-order valence-electron chi connectivity index (χ1n) is 4.32. The maximum Gasteiger partial charge on any atom is 0.325 e. The van der Waals surface area contributed by atoms with E-state index in [1.807, 2.05) is 18.2 Å². The first-order valence-corrected chi connectivity index (χ1v) is 5.93. The van der Waals surface area contributed by atoms with Crippen molar-refractivity contribution in [3.05, 3.63) is 34.2 Å². The third kappa shape index (κ3) is 2.20. The summed E-state index contributed by atoms with van der Waals surface area (Å²) in [5.41, 5.74) is 5.99. The van der Waals surface area contributed by atoms with Gasteiger partial charge in [0, 0.05) is 0 Å². The van der Waals surface area contributed by atoms with E-state index in [2.05, 4.69) is 26.1 Å². The minimum Gasteiger partial charge on any atom is -0.351 e. The average molecular weight is 299 g/mol. The van der Waals surface area contributed by atoms with Crippen LogP contribution in [0.3, 0.4) is 0 Å². The van der Waals surface area contributed by atoms with E-state index in [1.165, 1.54) is 16.2 Å². The number of aromatic nitrogens is 2. The Hall–Kier alpha value is -1.47. The van der Waals surface area contributed by atoms with Crippen LogP contribution in [0.4, 0.5) is 15.6 Å². The van der Waals surface area contributed by atoms with Crippen molar-refractivity contribution in [2.75, 3.05) is 4.90 Å². The SMILES string of the molecule is NC(=O)N(c1ccccc1)c1nnc(Br)s1. The van der Waals surface area contributed by atoms with E-state index in [9.17, 15) is 4.79 Å². The maximum atomic E-state index is 11.4. The fourth-order valence-electron chi connectivity index (χ4n) is 1.20. The first-order chi connectivity index (χ1) is 7.68. The van der Waals surface area contributed by atoms with Crippen LogP contribution in [0.2, 0.25) is 0 Å². The Morgan fingerprint density at radius 3 is 2.50 bits per heavy atom. The molecule has 82 valence electrons. The maximum absolute atomic E-state index is 11.4. The number of benzene rings is 1. The van der Waals surface area contributed by atoms with Crippen molar-refractivity contribution in [3.8, 4) is 0 Å². The van der Waals surface area contributed by atoms with Crippen LogP contribution in [0, 0.1) is 0 Å². The summed E-state index contributed by atoms with van der Waals surface area (Å²) < 4.78 is 0.602. The van der Waals surface area contributed by atoms with Crippen molar-refractivity contribution < 1.29 is 4.79 Å². The molecule has 2 N–H and O–H groups in total. The van der Waals surface area contributed by atoms with Gasteiger partial charge in [-0.3, -0.25) is 0 Å². The van der Waals surface area contributed by atoms with Gasteiger partial charge >= 0.3 is 6.03 Å². The number of urea groups is 1. The molecule has 1 aromatic heterocycles. The van der Waals surface area contributed by atoms with Gasteiger partial charge in [0.05, 0.1) is 5.69 Å². The molecule has 1 heterocycles. The van der Waals surface area contributed by atoms with Crippen LogP contribution in [0.5, 0.6) is 0 Å². The van der Waals surface area contributed by atoms with Crippen LogP contribution in [0.15, 0.2) is 34.2 Å². The molecule has 0 atom stereocenters. The molecule has 0 aliphatic heterocycles. The van der Waals surface area contributed by atoms with Gasteiger partial charge in [0.2, 0.25) is 5.13 Å². The van der Waals surface area contributed by atoms with Crippen molar-refractivity contribution in [2.24, 2.45) is 5.73 Å².